The number of halogens is 1. The molecule has 0 amide bonds. The van der Waals surface area contributed by atoms with E-state index in [0.717, 1.165) is 10.0 Å². The fraction of sp³-hybridized carbons (Fsp3) is 0.267. The molecule has 0 saturated carbocycles. The summed E-state index contributed by atoms with van der Waals surface area (Å²) in [6, 6.07) is 7.72. The first kappa shape index (κ1) is 14.7. The third-order valence-electron chi connectivity index (χ3n) is 2.81. The quantitative estimate of drug-likeness (QED) is 0.801. The van der Waals surface area contributed by atoms with E-state index in [1.54, 1.807) is 13.1 Å². The lowest BCUT2D eigenvalue weighted by Gasteiger charge is -2.09. The molecule has 5 heteroatoms. The molecule has 0 N–H and O–H groups in total. The van der Waals surface area contributed by atoms with Gasteiger partial charge in [0.25, 0.3) is 0 Å². The van der Waals surface area contributed by atoms with Crippen LogP contribution >= 0.6 is 15.9 Å². The standard InChI is InChI=1S/C15H15BrN2O2/c1-3-13-11(15(19)20-4-2)9-17-14(18-13)10-7-5-6-8-12(10)16/h5-9H,3-4H2,1-2H3. The predicted molar refractivity (Wildman–Crippen MR) is 80.5 cm³/mol. The van der Waals surface area contributed by atoms with Gasteiger partial charge in [-0.2, -0.15) is 0 Å². The molecular formula is C15H15BrN2O2. The molecule has 1 aromatic heterocycles. The molecule has 0 atom stereocenters. The van der Waals surface area contributed by atoms with Crippen LogP contribution in [0.15, 0.2) is 34.9 Å². The highest BCUT2D eigenvalue weighted by molar-refractivity contribution is 9.10. The van der Waals surface area contributed by atoms with E-state index in [-0.39, 0.29) is 5.97 Å². The Kier molecular flexibility index (Phi) is 4.84. The summed E-state index contributed by atoms with van der Waals surface area (Å²) in [5.41, 5.74) is 2.03. The van der Waals surface area contributed by atoms with Crippen molar-refractivity contribution in [1.82, 2.24) is 9.97 Å². The molecule has 0 aliphatic carbocycles. The molecule has 0 spiro atoms. The number of carbonyl (C=O) groups is 1. The predicted octanol–water partition coefficient (Wildman–Crippen LogP) is 3.65. The molecule has 2 rings (SSSR count). The second-order valence-electron chi connectivity index (χ2n) is 4.11. The molecule has 4 nitrogen and oxygen atoms in total. The van der Waals surface area contributed by atoms with Crippen LogP contribution in [0, 0.1) is 0 Å². The summed E-state index contributed by atoms with van der Waals surface area (Å²) in [4.78, 5) is 20.6. The number of ether oxygens (including phenoxy) is 1. The minimum absolute atomic E-state index is 0.341. The van der Waals surface area contributed by atoms with Gasteiger partial charge >= 0.3 is 5.97 Å². The smallest absolute Gasteiger partial charge is 0.341 e. The van der Waals surface area contributed by atoms with Crippen LogP contribution in [0.2, 0.25) is 0 Å². The van der Waals surface area contributed by atoms with Gasteiger partial charge in [-0.05, 0) is 19.4 Å². The Labute approximate surface area is 126 Å². The molecule has 0 saturated heterocycles. The van der Waals surface area contributed by atoms with Gasteiger partial charge in [-0.1, -0.05) is 41.1 Å². The summed E-state index contributed by atoms with van der Waals surface area (Å²) in [6.45, 7) is 4.07. The van der Waals surface area contributed by atoms with Crippen LogP contribution in [0.25, 0.3) is 11.4 Å². The maximum atomic E-state index is 11.8. The van der Waals surface area contributed by atoms with Crippen molar-refractivity contribution >= 4 is 21.9 Å². The van der Waals surface area contributed by atoms with Crippen LogP contribution in [0.1, 0.15) is 29.9 Å². The van der Waals surface area contributed by atoms with E-state index in [0.29, 0.717) is 30.1 Å². The lowest BCUT2D eigenvalue weighted by atomic mass is 10.1. The summed E-state index contributed by atoms with van der Waals surface area (Å²) >= 11 is 3.48. The minimum Gasteiger partial charge on any atom is -0.462 e. The van der Waals surface area contributed by atoms with Crippen molar-refractivity contribution in [2.75, 3.05) is 6.61 Å². The number of benzene rings is 1. The number of hydrogen-bond donors (Lipinski definition) is 0. The normalized spacial score (nSPS) is 10.3. The Hall–Kier alpha value is -1.75. The minimum atomic E-state index is -0.372. The van der Waals surface area contributed by atoms with E-state index < -0.39 is 0 Å². The topological polar surface area (TPSA) is 52.1 Å². The van der Waals surface area contributed by atoms with Gasteiger partial charge in [-0.25, -0.2) is 14.8 Å². The number of hydrogen-bond acceptors (Lipinski definition) is 4. The first-order chi connectivity index (χ1) is 9.67. The second kappa shape index (κ2) is 6.61. The van der Waals surface area contributed by atoms with Crippen molar-refractivity contribution in [2.45, 2.75) is 20.3 Å². The zero-order valence-electron chi connectivity index (χ0n) is 11.4. The monoisotopic (exact) mass is 334 g/mol. The van der Waals surface area contributed by atoms with E-state index in [9.17, 15) is 4.79 Å². The number of aromatic nitrogens is 2. The SMILES string of the molecule is CCOC(=O)c1cnc(-c2ccccc2Br)nc1CC. The van der Waals surface area contributed by atoms with Crippen molar-refractivity contribution in [3.8, 4) is 11.4 Å². The molecule has 0 fully saturated rings. The van der Waals surface area contributed by atoms with E-state index in [2.05, 4.69) is 25.9 Å². The Morgan fingerprint density at radius 1 is 1.30 bits per heavy atom. The number of aryl methyl sites for hydroxylation is 1. The van der Waals surface area contributed by atoms with E-state index in [1.807, 2.05) is 31.2 Å². The second-order valence-corrected chi connectivity index (χ2v) is 4.96. The van der Waals surface area contributed by atoms with Gasteiger partial charge in [-0.3, -0.25) is 0 Å². The number of esters is 1. The summed E-state index contributed by atoms with van der Waals surface area (Å²) in [6.07, 6.45) is 2.19. The fourth-order valence-electron chi connectivity index (χ4n) is 1.84. The molecule has 1 aromatic carbocycles. The zero-order valence-corrected chi connectivity index (χ0v) is 13.0. The highest BCUT2D eigenvalue weighted by Gasteiger charge is 2.15. The van der Waals surface area contributed by atoms with Crippen LogP contribution in [0.5, 0.6) is 0 Å². The molecular weight excluding hydrogens is 320 g/mol. The van der Waals surface area contributed by atoms with E-state index >= 15 is 0 Å². The number of rotatable bonds is 4. The zero-order chi connectivity index (χ0) is 14.5. The molecule has 1 heterocycles. The van der Waals surface area contributed by atoms with Crippen LogP contribution < -0.4 is 0 Å². The maximum absolute atomic E-state index is 11.8. The van der Waals surface area contributed by atoms with Gasteiger partial charge < -0.3 is 4.74 Å². The van der Waals surface area contributed by atoms with Gasteiger partial charge in [0, 0.05) is 16.2 Å². The Morgan fingerprint density at radius 2 is 2.05 bits per heavy atom. The van der Waals surface area contributed by atoms with Gasteiger partial charge in [0.05, 0.1) is 17.9 Å². The van der Waals surface area contributed by atoms with Gasteiger partial charge in [-0.15, -0.1) is 0 Å². The summed E-state index contributed by atoms with van der Waals surface area (Å²) in [5.74, 6) is 0.227. The molecule has 104 valence electrons. The molecule has 0 aliphatic rings. The third kappa shape index (κ3) is 3.04. The molecule has 20 heavy (non-hydrogen) atoms. The van der Waals surface area contributed by atoms with Crippen molar-refractivity contribution < 1.29 is 9.53 Å². The Balaban J connectivity index is 2.45. The lowest BCUT2D eigenvalue weighted by molar-refractivity contribution is 0.0524. The fourth-order valence-corrected chi connectivity index (χ4v) is 2.30. The third-order valence-corrected chi connectivity index (χ3v) is 3.50. The Morgan fingerprint density at radius 3 is 2.70 bits per heavy atom. The highest BCUT2D eigenvalue weighted by atomic mass is 79.9. The largest absolute Gasteiger partial charge is 0.462 e. The van der Waals surface area contributed by atoms with Crippen LogP contribution in [-0.2, 0) is 11.2 Å². The number of carbonyl (C=O) groups excluding carboxylic acids is 1. The summed E-state index contributed by atoms with van der Waals surface area (Å²) in [5, 5.41) is 0. The van der Waals surface area contributed by atoms with Crippen LogP contribution in [0.4, 0.5) is 0 Å². The van der Waals surface area contributed by atoms with E-state index in [1.165, 1.54) is 0 Å². The van der Waals surface area contributed by atoms with Crippen molar-refractivity contribution in [3.63, 3.8) is 0 Å². The first-order valence-electron chi connectivity index (χ1n) is 6.45. The molecule has 2 aromatic rings. The molecule has 0 bridgehead atoms. The van der Waals surface area contributed by atoms with Crippen molar-refractivity contribution in [1.29, 1.82) is 0 Å². The maximum Gasteiger partial charge on any atom is 0.341 e. The van der Waals surface area contributed by atoms with Crippen molar-refractivity contribution in [3.05, 3.63) is 46.2 Å². The summed E-state index contributed by atoms with van der Waals surface area (Å²) in [7, 11) is 0. The average Bonchev–Trinajstić information content (AvgIpc) is 2.47. The van der Waals surface area contributed by atoms with Crippen LogP contribution in [0.3, 0.4) is 0 Å². The average molecular weight is 335 g/mol. The number of nitrogens with zero attached hydrogens (tertiary/aromatic N) is 2. The highest BCUT2D eigenvalue weighted by Crippen LogP contribution is 2.25. The summed E-state index contributed by atoms with van der Waals surface area (Å²) < 4.78 is 5.93. The first-order valence-corrected chi connectivity index (χ1v) is 7.24. The lowest BCUT2D eigenvalue weighted by Crippen LogP contribution is -2.11. The van der Waals surface area contributed by atoms with Gasteiger partial charge in [0.15, 0.2) is 5.82 Å². The Bertz CT molecular complexity index is 629. The van der Waals surface area contributed by atoms with Crippen molar-refractivity contribution in [2.24, 2.45) is 0 Å². The van der Waals surface area contributed by atoms with Gasteiger partial charge in [0.2, 0.25) is 0 Å². The molecule has 0 aliphatic heterocycles. The van der Waals surface area contributed by atoms with E-state index in [4.69, 9.17) is 4.74 Å². The van der Waals surface area contributed by atoms with Crippen LogP contribution in [-0.4, -0.2) is 22.5 Å². The molecule has 0 radical (unpaired) electrons. The molecule has 0 unspecified atom stereocenters. The van der Waals surface area contributed by atoms with Gasteiger partial charge in [0.1, 0.15) is 0 Å².